The number of hydrogen-bond acceptors (Lipinski definition) is 3. The molecule has 0 aromatic carbocycles. The molecule has 2 atom stereocenters. The normalized spacial score (nSPS) is 23.1. The van der Waals surface area contributed by atoms with Crippen molar-refractivity contribution in [1.82, 2.24) is 9.88 Å². The third kappa shape index (κ3) is 2.18. The first-order valence-electron chi connectivity index (χ1n) is 5.65. The van der Waals surface area contributed by atoms with E-state index in [-0.39, 0.29) is 11.5 Å². The Kier molecular flexibility index (Phi) is 3.27. The summed E-state index contributed by atoms with van der Waals surface area (Å²) in [4.78, 5) is 28.1. The molecule has 2 heterocycles. The van der Waals surface area contributed by atoms with Crippen LogP contribution in [0.3, 0.4) is 0 Å². The van der Waals surface area contributed by atoms with Crippen LogP contribution in [0.4, 0.5) is 4.39 Å². The zero-order valence-corrected chi connectivity index (χ0v) is 9.84. The van der Waals surface area contributed by atoms with Crippen molar-refractivity contribution in [2.24, 2.45) is 5.92 Å². The van der Waals surface area contributed by atoms with Gasteiger partial charge in [0.25, 0.3) is 5.91 Å². The molecule has 1 saturated heterocycles. The van der Waals surface area contributed by atoms with Gasteiger partial charge in [0, 0.05) is 18.8 Å². The first-order chi connectivity index (χ1) is 8.50. The van der Waals surface area contributed by atoms with Crippen molar-refractivity contribution in [2.45, 2.75) is 19.4 Å². The van der Waals surface area contributed by atoms with Crippen LogP contribution in [0.15, 0.2) is 18.5 Å². The Morgan fingerprint density at radius 3 is 2.78 bits per heavy atom. The first-order valence-corrected chi connectivity index (χ1v) is 5.65. The van der Waals surface area contributed by atoms with Crippen LogP contribution in [0.25, 0.3) is 0 Å². The van der Waals surface area contributed by atoms with Crippen LogP contribution >= 0.6 is 0 Å². The minimum absolute atomic E-state index is 0.146. The fourth-order valence-corrected chi connectivity index (χ4v) is 2.25. The molecule has 0 spiro atoms. The van der Waals surface area contributed by atoms with Gasteiger partial charge < -0.3 is 10.0 Å². The lowest BCUT2D eigenvalue weighted by molar-refractivity contribution is -0.142. The van der Waals surface area contributed by atoms with Gasteiger partial charge in [-0.15, -0.1) is 0 Å². The second-order valence-corrected chi connectivity index (χ2v) is 4.36. The van der Waals surface area contributed by atoms with E-state index < -0.39 is 23.7 Å². The molecule has 6 heteroatoms. The van der Waals surface area contributed by atoms with Gasteiger partial charge in [-0.05, 0) is 19.4 Å². The number of halogens is 1. The molecule has 18 heavy (non-hydrogen) atoms. The number of amides is 1. The molecule has 1 fully saturated rings. The van der Waals surface area contributed by atoms with E-state index >= 15 is 0 Å². The second kappa shape index (κ2) is 4.72. The van der Waals surface area contributed by atoms with E-state index in [1.54, 1.807) is 6.92 Å². The highest BCUT2D eigenvalue weighted by molar-refractivity contribution is 5.94. The van der Waals surface area contributed by atoms with Crippen LogP contribution in [0.1, 0.15) is 23.7 Å². The summed E-state index contributed by atoms with van der Waals surface area (Å²) >= 11 is 0. The lowest BCUT2D eigenvalue weighted by Crippen LogP contribution is -2.37. The van der Waals surface area contributed by atoms with Gasteiger partial charge in [0.2, 0.25) is 0 Å². The predicted molar refractivity (Wildman–Crippen MR) is 60.4 cm³/mol. The molecule has 1 N–H and O–H groups in total. The maximum absolute atomic E-state index is 13.0. The van der Waals surface area contributed by atoms with E-state index in [0.717, 1.165) is 12.3 Å². The van der Waals surface area contributed by atoms with Gasteiger partial charge in [0.1, 0.15) is 5.82 Å². The molecule has 1 aliphatic rings. The summed E-state index contributed by atoms with van der Waals surface area (Å²) in [6, 6.07) is 0.717. The second-order valence-electron chi connectivity index (χ2n) is 4.36. The highest BCUT2D eigenvalue weighted by atomic mass is 19.1. The fourth-order valence-electron chi connectivity index (χ4n) is 2.25. The number of hydrogen-bond donors (Lipinski definition) is 1. The maximum atomic E-state index is 13.0. The van der Waals surface area contributed by atoms with E-state index in [0.29, 0.717) is 13.0 Å². The summed E-state index contributed by atoms with van der Waals surface area (Å²) in [6.07, 6.45) is 2.72. The predicted octanol–water partition coefficient (Wildman–Crippen LogP) is 1.16. The van der Waals surface area contributed by atoms with Gasteiger partial charge >= 0.3 is 5.97 Å². The molecule has 0 radical (unpaired) electrons. The molecule has 0 bridgehead atoms. The average Bonchev–Trinajstić information content (AvgIpc) is 2.70. The number of carbonyl (C=O) groups is 2. The summed E-state index contributed by atoms with van der Waals surface area (Å²) in [5, 5.41) is 8.99. The van der Waals surface area contributed by atoms with Crippen molar-refractivity contribution < 1.29 is 19.1 Å². The van der Waals surface area contributed by atoms with E-state index in [1.165, 1.54) is 11.1 Å². The van der Waals surface area contributed by atoms with Crippen LogP contribution in [0.2, 0.25) is 0 Å². The standard InChI is InChI=1S/C12H13FN2O3/c1-7-10(12(17)18)2-3-15(7)11(16)8-4-9(13)6-14-5-8/h4-7,10H,2-3H2,1H3,(H,17,18). The number of rotatable bonds is 2. The number of nitrogens with zero attached hydrogens (tertiary/aromatic N) is 2. The van der Waals surface area contributed by atoms with Crippen LogP contribution in [-0.2, 0) is 4.79 Å². The number of likely N-dealkylation sites (tertiary alicyclic amines) is 1. The Morgan fingerprint density at radius 2 is 2.22 bits per heavy atom. The number of carbonyl (C=O) groups excluding carboxylic acids is 1. The molecule has 1 amide bonds. The Morgan fingerprint density at radius 1 is 1.50 bits per heavy atom. The number of carboxylic acids is 1. The van der Waals surface area contributed by atoms with Crippen LogP contribution in [0, 0.1) is 11.7 Å². The Bertz CT molecular complexity index is 492. The van der Waals surface area contributed by atoms with E-state index in [1.807, 2.05) is 0 Å². The zero-order valence-electron chi connectivity index (χ0n) is 9.84. The van der Waals surface area contributed by atoms with Crippen molar-refractivity contribution in [3.05, 3.63) is 29.8 Å². The molecule has 1 aliphatic heterocycles. The lowest BCUT2D eigenvalue weighted by Gasteiger charge is -2.23. The van der Waals surface area contributed by atoms with Crippen LogP contribution in [0.5, 0.6) is 0 Å². The monoisotopic (exact) mass is 252 g/mol. The lowest BCUT2D eigenvalue weighted by atomic mass is 10.0. The first kappa shape index (κ1) is 12.5. The average molecular weight is 252 g/mol. The molecule has 96 valence electrons. The van der Waals surface area contributed by atoms with Crippen molar-refractivity contribution in [1.29, 1.82) is 0 Å². The van der Waals surface area contributed by atoms with E-state index in [2.05, 4.69) is 4.98 Å². The van der Waals surface area contributed by atoms with Gasteiger partial charge in [-0.1, -0.05) is 0 Å². The maximum Gasteiger partial charge on any atom is 0.308 e. The topological polar surface area (TPSA) is 70.5 Å². The minimum Gasteiger partial charge on any atom is -0.481 e. The Hall–Kier alpha value is -1.98. The molecule has 5 nitrogen and oxygen atoms in total. The highest BCUT2D eigenvalue weighted by Gasteiger charge is 2.38. The SMILES string of the molecule is CC1C(C(=O)O)CCN1C(=O)c1cncc(F)c1. The van der Waals surface area contributed by atoms with E-state index in [4.69, 9.17) is 5.11 Å². The summed E-state index contributed by atoms with van der Waals surface area (Å²) in [5.41, 5.74) is 0.146. The van der Waals surface area contributed by atoms with E-state index in [9.17, 15) is 14.0 Å². The molecule has 0 saturated carbocycles. The van der Waals surface area contributed by atoms with Gasteiger partial charge in [-0.2, -0.15) is 0 Å². The third-order valence-corrected chi connectivity index (χ3v) is 3.28. The van der Waals surface area contributed by atoms with Crippen LogP contribution in [-0.4, -0.2) is 39.5 Å². The Labute approximate surface area is 103 Å². The quantitative estimate of drug-likeness (QED) is 0.857. The minimum atomic E-state index is -0.907. The Balaban J connectivity index is 2.18. The molecule has 1 aromatic heterocycles. The summed E-state index contributed by atoms with van der Waals surface area (Å²) < 4.78 is 13.0. The molecule has 0 aliphatic carbocycles. The van der Waals surface area contributed by atoms with Gasteiger partial charge in [-0.25, -0.2) is 4.39 Å². The smallest absolute Gasteiger partial charge is 0.308 e. The highest BCUT2D eigenvalue weighted by Crippen LogP contribution is 2.25. The van der Waals surface area contributed by atoms with Crippen LogP contribution < -0.4 is 0 Å². The van der Waals surface area contributed by atoms with Gasteiger partial charge in [0.15, 0.2) is 0 Å². The molecular weight excluding hydrogens is 239 g/mol. The summed E-state index contributed by atoms with van der Waals surface area (Å²) in [6.45, 7) is 2.06. The summed E-state index contributed by atoms with van der Waals surface area (Å²) in [5.74, 6) is -2.42. The number of aliphatic carboxylic acids is 1. The zero-order chi connectivity index (χ0) is 13.3. The summed E-state index contributed by atoms with van der Waals surface area (Å²) in [7, 11) is 0. The van der Waals surface area contributed by atoms with Gasteiger partial charge in [0.05, 0.1) is 17.7 Å². The van der Waals surface area contributed by atoms with Gasteiger partial charge in [-0.3, -0.25) is 14.6 Å². The number of carboxylic acid groups (broad SMARTS) is 1. The third-order valence-electron chi connectivity index (χ3n) is 3.28. The largest absolute Gasteiger partial charge is 0.481 e. The van der Waals surface area contributed by atoms with Crippen molar-refractivity contribution in [3.8, 4) is 0 Å². The van der Waals surface area contributed by atoms with Crippen molar-refractivity contribution >= 4 is 11.9 Å². The molecule has 2 unspecified atom stereocenters. The number of aromatic nitrogens is 1. The molecular formula is C12H13FN2O3. The van der Waals surface area contributed by atoms with Crippen molar-refractivity contribution in [2.75, 3.05) is 6.54 Å². The molecule has 1 aromatic rings. The fraction of sp³-hybridized carbons (Fsp3) is 0.417. The number of pyridine rings is 1. The molecule has 2 rings (SSSR count). The van der Waals surface area contributed by atoms with Crippen molar-refractivity contribution in [3.63, 3.8) is 0 Å².